The lowest BCUT2D eigenvalue weighted by Gasteiger charge is -2.00. The van der Waals surface area contributed by atoms with Crippen molar-refractivity contribution in [3.8, 4) is 5.75 Å². The van der Waals surface area contributed by atoms with Gasteiger partial charge in [-0.1, -0.05) is 12.1 Å². The first-order valence-corrected chi connectivity index (χ1v) is 3.63. The Labute approximate surface area is 71.1 Å². The Morgan fingerprint density at radius 1 is 1.42 bits per heavy atom. The van der Waals surface area contributed by atoms with Gasteiger partial charge in [0.2, 0.25) is 5.91 Å². The summed E-state index contributed by atoms with van der Waals surface area (Å²) in [5, 5.41) is 0. The lowest BCUT2D eigenvalue weighted by Crippen LogP contribution is -2.13. The maximum atomic E-state index is 10.5. The molecule has 0 aliphatic heterocycles. The van der Waals surface area contributed by atoms with Gasteiger partial charge in [-0.2, -0.15) is 0 Å². The molecule has 0 aliphatic rings. The number of primary amides is 1. The van der Waals surface area contributed by atoms with Crippen LogP contribution in [0.5, 0.6) is 5.75 Å². The van der Waals surface area contributed by atoms with Crippen LogP contribution < -0.4 is 10.5 Å². The molecule has 1 aromatic rings. The molecule has 0 saturated heterocycles. The Kier molecular flexibility index (Phi) is 2.69. The summed E-state index contributed by atoms with van der Waals surface area (Å²) in [4.78, 5) is 10.5. The second-order valence-corrected chi connectivity index (χ2v) is 2.49. The quantitative estimate of drug-likeness (QED) is 0.717. The number of carbonyl (C=O) groups excluding carboxylic acids is 1. The molecule has 0 aliphatic carbocycles. The molecule has 2 N–H and O–H groups in total. The highest BCUT2D eigenvalue weighted by atomic mass is 16.5. The Bertz CT molecular complexity index is 266. The van der Waals surface area contributed by atoms with Crippen molar-refractivity contribution in [3.63, 3.8) is 0 Å². The molecule has 1 amide bonds. The van der Waals surface area contributed by atoms with Gasteiger partial charge in [0, 0.05) is 0 Å². The smallest absolute Gasteiger partial charge is 0.221 e. The predicted octanol–water partition coefficient (Wildman–Crippen LogP) is 0.723. The van der Waals surface area contributed by atoms with Crippen molar-refractivity contribution >= 4 is 5.91 Å². The number of carbonyl (C=O) groups is 1. The van der Waals surface area contributed by atoms with Crippen LogP contribution in [0.15, 0.2) is 24.3 Å². The molecule has 64 valence electrons. The average molecular weight is 165 g/mol. The number of amides is 1. The summed E-state index contributed by atoms with van der Waals surface area (Å²) in [6.45, 7) is 0. The lowest BCUT2D eigenvalue weighted by atomic mass is 10.1. The van der Waals surface area contributed by atoms with Crippen LogP contribution in [0.2, 0.25) is 0 Å². The van der Waals surface area contributed by atoms with Gasteiger partial charge in [0.05, 0.1) is 13.5 Å². The first-order valence-electron chi connectivity index (χ1n) is 3.63. The van der Waals surface area contributed by atoms with E-state index in [1.807, 2.05) is 12.1 Å². The molecule has 0 aromatic heterocycles. The Morgan fingerprint density at radius 3 is 2.42 bits per heavy atom. The van der Waals surface area contributed by atoms with Crippen LogP contribution in [-0.2, 0) is 11.2 Å². The molecule has 12 heavy (non-hydrogen) atoms. The van der Waals surface area contributed by atoms with Gasteiger partial charge in [0.25, 0.3) is 0 Å². The zero-order chi connectivity index (χ0) is 8.97. The number of rotatable bonds is 3. The first kappa shape index (κ1) is 8.59. The predicted molar refractivity (Wildman–Crippen MR) is 45.9 cm³/mol. The van der Waals surface area contributed by atoms with Crippen molar-refractivity contribution in [2.45, 2.75) is 6.42 Å². The van der Waals surface area contributed by atoms with Crippen LogP contribution in [0.1, 0.15) is 5.56 Å². The molecule has 0 fully saturated rings. The number of benzene rings is 1. The molecule has 0 atom stereocenters. The number of methoxy groups -OCH3 is 1. The SMILES string of the molecule is COc1ccc(CC(N)=O)cc1. The van der Waals surface area contributed by atoms with E-state index in [0.29, 0.717) is 0 Å². The van der Waals surface area contributed by atoms with Crippen LogP contribution in [0, 0.1) is 0 Å². The van der Waals surface area contributed by atoms with E-state index in [2.05, 4.69) is 0 Å². The Balaban J connectivity index is 2.71. The molecule has 1 aromatic carbocycles. The van der Waals surface area contributed by atoms with Crippen molar-refractivity contribution in [1.29, 1.82) is 0 Å². The normalized spacial score (nSPS) is 9.42. The van der Waals surface area contributed by atoms with E-state index in [1.165, 1.54) is 0 Å². The third kappa shape index (κ3) is 2.27. The van der Waals surface area contributed by atoms with Crippen LogP contribution in [0.25, 0.3) is 0 Å². The van der Waals surface area contributed by atoms with Crippen molar-refractivity contribution in [1.82, 2.24) is 0 Å². The second-order valence-electron chi connectivity index (χ2n) is 2.49. The van der Waals surface area contributed by atoms with Gasteiger partial charge in [0.15, 0.2) is 0 Å². The highest BCUT2D eigenvalue weighted by Gasteiger charge is 1.97. The summed E-state index contributed by atoms with van der Waals surface area (Å²) in [6.07, 6.45) is 0.282. The summed E-state index contributed by atoms with van der Waals surface area (Å²) in [6, 6.07) is 7.25. The van der Waals surface area contributed by atoms with Crippen LogP contribution in [-0.4, -0.2) is 13.0 Å². The molecule has 0 bridgehead atoms. The Hall–Kier alpha value is -1.51. The van der Waals surface area contributed by atoms with Crippen LogP contribution in [0.4, 0.5) is 0 Å². The lowest BCUT2D eigenvalue weighted by molar-refractivity contribution is -0.117. The van der Waals surface area contributed by atoms with E-state index in [-0.39, 0.29) is 12.3 Å². The van der Waals surface area contributed by atoms with Gasteiger partial charge in [-0.05, 0) is 17.7 Å². The summed E-state index contributed by atoms with van der Waals surface area (Å²) in [7, 11) is 1.60. The minimum Gasteiger partial charge on any atom is -0.497 e. The molecule has 0 saturated carbocycles. The fraction of sp³-hybridized carbons (Fsp3) is 0.222. The van der Waals surface area contributed by atoms with Gasteiger partial charge in [-0.25, -0.2) is 0 Å². The van der Waals surface area contributed by atoms with E-state index in [0.717, 1.165) is 11.3 Å². The fourth-order valence-corrected chi connectivity index (χ4v) is 0.945. The highest BCUT2D eigenvalue weighted by Crippen LogP contribution is 2.11. The molecular weight excluding hydrogens is 154 g/mol. The third-order valence-corrected chi connectivity index (χ3v) is 1.54. The summed E-state index contributed by atoms with van der Waals surface area (Å²) < 4.78 is 4.96. The van der Waals surface area contributed by atoms with Gasteiger partial charge >= 0.3 is 0 Å². The number of hydrogen-bond acceptors (Lipinski definition) is 2. The van der Waals surface area contributed by atoms with E-state index in [9.17, 15) is 4.79 Å². The minimum absolute atomic E-state index is 0.282. The van der Waals surface area contributed by atoms with E-state index < -0.39 is 0 Å². The van der Waals surface area contributed by atoms with Crippen LogP contribution >= 0.6 is 0 Å². The van der Waals surface area contributed by atoms with E-state index in [1.54, 1.807) is 19.2 Å². The maximum Gasteiger partial charge on any atom is 0.221 e. The third-order valence-electron chi connectivity index (χ3n) is 1.54. The minimum atomic E-state index is -0.319. The summed E-state index contributed by atoms with van der Waals surface area (Å²) in [5.74, 6) is 0.461. The van der Waals surface area contributed by atoms with E-state index in [4.69, 9.17) is 10.5 Å². The van der Waals surface area contributed by atoms with Gasteiger partial charge in [-0.15, -0.1) is 0 Å². The summed E-state index contributed by atoms with van der Waals surface area (Å²) in [5.41, 5.74) is 5.93. The van der Waals surface area contributed by atoms with Crippen LogP contribution in [0.3, 0.4) is 0 Å². The molecule has 3 nitrogen and oxygen atoms in total. The molecule has 0 spiro atoms. The first-order chi connectivity index (χ1) is 5.72. The largest absolute Gasteiger partial charge is 0.497 e. The second kappa shape index (κ2) is 3.76. The maximum absolute atomic E-state index is 10.5. The molecular formula is C9H11NO2. The highest BCUT2D eigenvalue weighted by molar-refractivity contribution is 5.76. The average Bonchev–Trinajstić information content (AvgIpc) is 2.05. The van der Waals surface area contributed by atoms with Crippen molar-refractivity contribution in [2.75, 3.05) is 7.11 Å². The molecule has 0 heterocycles. The topological polar surface area (TPSA) is 52.3 Å². The van der Waals surface area contributed by atoms with Gasteiger partial charge in [-0.3, -0.25) is 4.79 Å². The monoisotopic (exact) mass is 165 g/mol. The number of nitrogens with two attached hydrogens (primary N) is 1. The number of ether oxygens (including phenoxy) is 1. The number of hydrogen-bond donors (Lipinski definition) is 1. The molecule has 1 rings (SSSR count). The van der Waals surface area contributed by atoms with Crippen molar-refractivity contribution in [2.24, 2.45) is 5.73 Å². The Morgan fingerprint density at radius 2 is 2.00 bits per heavy atom. The fourth-order valence-electron chi connectivity index (χ4n) is 0.945. The van der Waals surface area contributed by atoms with E-state index >= 15 is 0 Å². The molecule has 0 unspecified atom stereocenters. The van der Waals surface area contributed by atoms with Crippen molar-refractivity contribution < 1.29 is 9.53 Å². The molecule has 3 heteroatoms. The van der Waals surface area contributed by atoms with Gasteiger partial charge in [0.1, 0.15) is 5.75 Å². The standard InChI is InChI=1S/C9H11NO2/c1-12-8-4-2-7(3-5-8)6-9(10)11/h2-5H,6H2,1H3,(H2,10,11). The van der Waals surface area contributed by atoms with Gasteiger partial charge < -0.3 is 10.5 Å². The zero-order valence-electron chi connectivity index (χ0n) is 6.91. The molecule has 0 radical (unpaired) electrons. The summed E-state index contributed by atoms with van der Waals surface area (Å²) >= 11 is 0. The van der Waals surface area contributed by atoms with Crippen molar-refractivity contribution in [3.05, 3.63) is 29.8 Å². The zero-order valence-corrected chi connectivity index (χ0v) is 6.91.